The van der Waals surface area contributed by atoms with Crippen molar-refractivity contribution in [2.45, 2.75) is 18.1 Å². The molecule has 106 valence electrons. The maximum Gasteiger partial charge on any atom is 0.0281 e. The zero-order valence-electron chi connectivity index (χ0n) is 9.88. The van der Waals surface area contributed by atoms with Crippen molar-refractivity contribution in [2.24, 2.45) is 11.5 Å². The van der Waals surface area contributed by atoms with Crippen LogP contribution in [0.15, 0.2) is 0 Å². The third kappa shape index (κ3) is 10.8. The van der Waals surface area contributed by atoms with Gasteiger partial charge in [0.25, 0.3) is 0 Å². The molecule has 0 aliphatic carbocycles. The first-order valence-corrected chi connectivity index (χ1v) is 7.32. The van der Waals surface area contributed by atoms with Crippen molar-refractivity contribution >= 4 is 50.3 Å². The molecule has 4 nitrogen and oxygen atoms in total. The number of hydrogen-bond donors (Lipinski definition) is 7. The van der Waals surface area contributed by atoms with E-state index >= 15 is 0 Å². The standard InChI is InChI=1S/C9H24N4S3.ClH/c10-1-8(5-15)13-3-9(6-16)12-2-7(11)4-14;/h7-9,12-16H,1-6,10-11H2;1H/t7-,8+,9-;/m0./s1. The SMILES string of the molecule is Cl.NC[C@H](CS)NC[C@@H](CS)NC[C@H](N)CS. The maximum atomic E-state index is 5.77. The molecule has 0 heterocycles. The molecule has 0 unspecified atom stereocenters. The molecule has 0 spiro atoms. The van der Waals surface area contributed by atoms with Crippen LogP contribution in [0.1, 0.15) is 0 Å². The van der Waals surface area contributed by atoms with Crippen molar-refractivity contribution in [2.75, 3.05) is 36.9 Å². The Morgan fingerprint density at radius 2 is 1.41 bits per heavy atom. The van der Waals surface area contributed by atoms with Gasteiger partial charge >= 0.3 is 0 Å². The van der Waals surface area contributed by atoms with Crippen molar-refractivity contribution in [3.8, 4) is 0 Å². The lowest BCUT2D eigenvalue weighted by atomic mass is 10.2. The number of nitrogens with one attached hydrogen (secondary N) is 2. The first-order valence-electron chi connectivity index (χ1n) is 5.42. The fourth-order valence-corrected chi connectivity index (χ4v) is 1.78. The predicted octanol–water partition coefficient (Wildman–Crippen LogP) is -0.600. The van der Waals surface area contributed by atoms with E-state index in [0.29, 0.717) is 18.3 Å². The van der Waals surface area contributed by atoms with Crippen LogP contribution in [0.5, 0.6) is 0 Å². The van der Waals surface area contributed by atoms with Gasteiger partial charge in [-0.1, -0.05) is 0 Å². The minimum Gasteiger partial charge on any atom is -0.329 e. The average Bonchev–Trinajstić information content (AvgIpc) is 2.33. The first-order chi connectivity index (χ1) is 7.67. The lowest BCUT2D eigenvalue weighted by Crippen LogP contribution is -2.49. The summed E-state index contributed by atoms with van der Waals surface area (Å²) < 4.78 is 0. The fourth-order valence-electron chi connectivity index (χ4n) is 1.12. The summed E-state index contributed by atoms with van der Waals surface area (Å²) in [5, 5.41) is 6.68. The molecular formula is C9H25ClN4S3. The van der Waals surface area contributed by atoms with Gasteiger partial charge in [-0.25, -0.2) is 0 Å². The number of rotatable bonds is 10. The maximum absolute atomic E-state index is 5.77. The molecule has 0 bridgehead atoms. The van der Waals surface area contributed by atoms with Crippen LogP contribution in [0.4, 0.5) is 0 Å². The molecule has 0 aliphatic heterocycles. The van der Waals surface area contributed by atoms with Gasteiger partial charge in [0.15, 0.2) is 0 Å². The predicted molar refractivity (Wildman–Crippen MR) is 89.4 cm³/mol. The lowest BCUT2D eigenvalue weighted by Gasteiger charge is -2.22. The lowest BCUT2D eigenvalue weighted by molar-refractivity contribution is 0.462. The number of nitrogens with two attached hydrogens (primary N) is 2. The highest BCUT2D eigenvalue weighted by Crippen LogP contribution is 1.91. The van der Waals surface area contributed by atoms with Gasteiger partial charge in [0.05, 0.1) is 0 Å². The Labute approximate surface area is 127 Å². The molecule has 0 aliphatic rings. The summed E-state index contributed by atoms with van der Waals surface area (Å²) in [6, 6.07) is 0.634. The second kappa shape index (κ2) is 13.6. The molecule has 0 rings (SSSR count). The van der Waals surface area contributed by atoms with Crippen LogP contribution in [-0.2, 0) is 0 Å². The highest BCUT2D eigenvalue weighted by Gasteiger charge is 2.10. The second-order valence-corrected chi connectivity index (χ2v) is 4.85. The molecule has 8 heteroatoms. The smallest absolute Gasteiger partial charge is 0.0281 e. The topological polar surface area (TPSA) is 76.1 Å². The molecule has 0 saturated carbocycles. The summed E-state index contributed by atoms with van der Waals surface area (Å²) in [6.45, 7) is 2.18. The Kier molecular flexibility index (Phi) is 16.4. The zero-order chi connectivity index (χ0) is 12.4. The average molecular weight is 321 g/mol. The summed E-state index contributed by atoms with van der Waals surface area (Å²) >= 11 is 12.6. The van der Waals surface area contributed by atoms with Crippen LogP contribution in [0, 0.1) is 0 Å². The van der Waals surface area contributed by atoms with Gasteiger partial charge in [-0.3, -0.25) is 0 Å². The Morgan fingerprint density at radius 3 is 1.82 bits per heavy atom. The van der Waals surface area contributed by atoms with Crippen LogP contribution in [-0.4, -0.2) is 55.0 Å². The minimum atomic E-state index is 0. The van der Waals surface area contributed by atoms with E-state index in [-0.39, 0.29) is 24.5 Å². The van der Waals surface area contributed by atoms with Gasteiger partial charge in [-0.2, -0.15) is 37.9 Å². The van der Waals surface area contributed by atoms with E-state index in [1.54, 1.807) is 0 Å². The zero-order valence-corrected chi connectivity index (χ0v) is 13.4. The quantitative estimate of drug-likeness (QED) is 0.274. The molecule has 0 fully saturated rings. The van der Waals surface area contributed by atoms with Crippen molar-refractivity contribution in [3.63, 3.8) is 0 Å². The van der Waals surface area contributed by atoms with Crippen LogP contribution in [0.2, 0.25) is 0 Å². The number of thiol groups is 3. The van der Waals surface area contributed by atoms with E-state index in [1.165, 1.54) is 0 Å². The van der Waals surface area contributed by atoms with E-state index in [0.717, 1.165) is 24.6 Å². The first kappa shape index (κ1) is 20.5. The summed E-state index contributed by atoms with van der Waals surface area (Å²) in [5.74, 6) is 2.18. The molecule has 0 saturated heterocycles. The van der Waals surface area contributed by atoms with Crippen LogP contribution in [0.25, 0.3) is 0 Å². The molecule has 3 atom stereocenters. The monoisotopic (exact) mass is 320 g/mol. The van der Waals surface area contributed by atoms with Gasteiger partial charge in [-0.15, -0.1) is 12.4 Å². The second-order valence-electron chi connectivity index (χ2n) is 3.75. The Balaban J connectivity index is 0. The summed E-state index contributed by atoms with van der Waals surface area (Å²) in [6.07, 6.45) is 0. The summed E-state index contributed by atoms with van der Waals surface area (Å²) in [4.78, 5) is 0. The summed E-state index contributed by atoms with van der Waals surface area (Å²) in [5.41, 5.74) is 11.3. The normalized spacial score (nSPS) is 16.1. The summed E-state index contributed by atoms with van der Waals surface area (Å²) in [7, 11) is 0. The highest BCUT2D eigenvalue weighted by atomic mass is 35.5. The Bertz CT molecular complexity index is 163. The van der Waals surface area contributed by atoms with E-state index in [4.69, 9.17) is 11.5 Å². The van der Waals surface area contributed by atoms with Crippen molar-refractivity contribution in [3.05, 3.63) is 0 Å². The molecule has 0 aromatic rings. The van der Waals surface area contributed by atoms with E-state index < -0.39 is 0 Å². The molecule has 0 aromatic heterocycles. The number of halogens is 1. The Morgan fingerprint density at radius 1 is 0.882 bits per heavy atom. The van der Waals surface area contributed by atoms with E-state index in [9.17, 15) is 0 Å². The van der Waals surface area contributed by atoms with Crippen molar-refractivity contribution < 1.29 is 0 Å². The van der Waals surface area contributed by atoms with Crippen molar-refractivity contribution in [1.82, 2.24) is 10.6 Å². The van der Waals surface area contributed by atoms with Gasteiger partial charge in [0.2, 0.25) is 0 Å². The highest BCUT2D eigenvalue weighted by molar-refractivity contribution is 7.80. The van der Waals surface area contributed by atoms with Gasteiger partial charge in [0.1, 0.15) is 0 Å². The van der Waals surface area contributed by atoms with Crippen LogP contribution >= 0.6 is 50.3 Å². The molecule has 0 amide bonds. The van der Waals surface area contributed by atoms with Gasteiger partial charge < -0.3 is 22.1 Å². The van der Waals surface area contributed by atoms with Crippen LogP contribution in [0.3, 0.4) is 0 Å². The van der Waals surface area contributed by atoms with Gasteiger partial charge in [-0.05, 0) is 0 Å². The van der Waals surface area contributed by atoms with Gasteiger partial charge in [0, 0.05) is 55.0 Å². The van der Waals surface area contributed by atoms with Crippen LogP contribution < -0.4 is 22.1 Å². The van der Waals surface area contributed by atoms with Crippen molar-refractivity contribution in [1.29, 1.82) is 0 Å². The minimum absolute atomic E-state index is 0. The Hall–Kier alpha value is 1.18. The molecule has 6 N–H and O–H groups in total. The van der Waals surface area contributed by atoms with E-state index in [2.05, 4.69) is 48.5 Å². The molecular weight excluding hydrogens is 296 g/mol. The molecule has 17 heavy (non-hydrogen) atoms. The third-order valence-corrected chi connectivity index (χ3v) is 3.63. The molecule has 0 aromatic carbocycles. The fraction of sp³-hybridized carbons (Fsp3) is 1.00. The molecule has 0 radical (unpaired) electrons. The largest absolute Gasteiger partial charge is 0.329 e. The third-order valence-electron chi connectivity index (χ3n) is 2.28. The van der Waals surface area contributed by atoms with E-state index in [1.807, 2.05) is 0 Å². The number of hydrogen-bond acceptors (Lipinski definition) is 7.